The normalized spacial score (nSPS) is 13.7. The summed E-state index contributed by atoms with van der Waals surface area (Å²) in [5.41, 5.74) is 8.79. The summed E-state index contributed by atoms with van der Waals surface area (Å²) >= 11 is 0. The number of carbonyl (C=O) groups excluding carboxylic acids is 1. The summed E-state index contributed by atoms with van der Waals surface area (Å²) in [5, 5.41) is 14.5. The van der Waals surface area contributed by atoms with Gasteiger partial charge in [0.05, 0.1) is 16.3 Å². The summed E-state index contributed by atoms with van der Waals surface area (Å²) in [6.45, 7) is 1.01. The van der Waals surface area contributed by atoms with Crippen LogP contribution in [0.25, 0.3) is 0 Å². The lowest BCUT2D eigenvalue weighted by atomic mass is 9.98. The molecular formula is C18H19N5O3. The summed E-state index contributed by atoms with van der Waals surface area (Å²) in [4.78, 5) is 29.0. The molecule has 2 aromatic carbocycles. The molecule has 0 bridgehead atoms. The first-order chi connectivity index (χ1) is 12.5. The molecule has 2 aromatic rings. The van der Waals surface area contributed by atoms with Crippen LogP contribution in [0.2, 0.25) is 0 Å². The summed E-state index contributed by atoms with van der Waals surface area (Å²) < 4.78 is 0. The van der Waals surface area contributed by atoms with Crippen LogP contribution in [0.3, 0.4) is 0 Å². The first-order valence-electron chi connectivity index (χ1n) is 8.16. The number of aliphatic imine (C=N–C) groups is 1. The number of nitro benzene ring substituents is 1. The molecule has 8 heteroatoms. The summed E-state index contributed by atoms with van der Waals surface area (Å²) in [6.07, 6.45) is 0. The Morgan fingerprint density at radius 2 is 2.04 bits per heavy atom. The monoisotopic (exact) mass is 353 g/mol. The van der Waals surface area contributed by atoms with Crippen LogP contribution in [0.5, 0.6) is 0 Å². The second-order valence-electron chi connectivity index (χ2n) is 5.84. The summed E-state index contributed by atoms with van der Waals surface area (Å²) in [5.74, 6) is -0.178. The van der Waals surface area contributed by atoms with Crippen molar-refractivity contribution < 1.29 is 9.72 Å². The van der Waals surface area contributed by atoms with Gasteiger partial charge in [-0.2, -0.15) is 0 Å². The second kappa shape index (κ2) is 7.32. The van der Waals surface area contributed by atoms with Crippen LogP contribution < -0.4 is 16.0 Å². The van der Waals surface area contributed by atoms with Crippen molar-refractivity contribution in [2.45, 2.75) is 0 Å². The van der Waals surface area contributed by atoms with Crippen molar-refractivity contribution in [2.24, 2.45) is 10.7 Å². The number of nitrogens with one attached hydrogen (secondary N) is 1. The van der Waals surface area contributed by atoms with Crippen molar-refractivity contribution >= 4 is 28.7 Å². The maximum Gasteiger partial charge on any atom is 0.270 e. The summed E-state index contributed by atoms with van der Waals surface area (Å²) in [6, 6.07) is 11.9. The highest BCUT2D eigenvalue weighted by Crippen LogP contribution is 2.31. The van der Waals surface area contributed by atoms with E-state index in [9.17, 15) is 14.9 Å². The molecule has 0 aliphatic carbocycles. The minimum absolute atomic E-state index is 0.0282. The van der Waals surface area contributed by atoms with Gasteiger partial charge in [0.1, 0.15) is 6.54 Å². The second-order valence-corrected chi connectivity index (χ2v) is 5.84. The largest absolute Gasteiger partial charge is 0.383 e. The Kier molecular flexibility index (Phi) is 4.94. The molecule has 0 saturated carbocycles. The van der Waals surface area contributed by atoms with Crippen LogP contribution in [0, 0.1) is 10.1 Å². The Labute approximate surface area is 150 Å². The lowest BCUT2D eigenvalue weighted by Gasteiger charge is -2.18. The van der Waals surface area contributed by atoms with E-state index in [1.807, 2.05) is 24.3 Å². The van der Waals surface area contributed by atoms with Gasteiger partial charge >= 0.3 is 0 Å². The lowest BCUT2D eigenvalue weighted by molar-refractivity contribution is -0.384. The first-order valence-corrected chi connectivity index (χ1v) is 8.16. The smallest absolute Gasteiger partial charge is 0.270 e. The number of anilines is 2. The van der Waals surface area contributed by atoms with Crippen molar-refractivity contribution in [1.29, 1.82) is 0 Å². The van der Waals surface area contributed by atoms with Crippen LogP contribution in [-0.4, -0.2) is 43.2 Å². The number of para-hydroxylation sites is 1. The van der Waals surface area contributed by atoms with Crippen LogP contribution in [0.4, 0.5) is 17.1 Å². The zero-order chi connectivity index (χ0) is 18.7. The van der Waals surface area contributed by atoms with E-state index < -0.39 is 4.92 Å². The number of nitrogens with zero attached hydrogens (tertiary/aromatic N) is 3. The van der Waals surface area contributed by atoms with Gasteiger partial charge in [0.15, 0.2) is 0 Å². The van der Waals surface area contributed by atoms with Crippen LogP contribution in [0.15, 0.2) is 47.5 Å². The molecule has 0 fully saturated rings. The van der Waals surface area contributed by atoms with Gasteiger partial charge in [-0.15, -0.1) is 0 Å². The molecular weight excluding hydrogens is 334 g/mol. The summed E-state index contributed by atoms with van der Waals surface area (Å²) in [7, 11) is 1.64. The van der Waals surface area contributed by atoms with Gasteiger partial charge in [-0.25, -0.2) is 0 Å². The number of rotatable bonds is 5. The van der Waals surface area contributed by atoms with Gasteiger partial charge in [0, 0.05) is 49.1 Å². The van der Waals surface area contributed by atoms with Crippen molar-refractivity contribution in [3.8, 4) is 0 Å². The lowest BCUT2D eigenvalue weighted by Crippen LogP contribution is -2.27. The fraction of sp³-hybridized carbons (Fsp3) is 0.222. The standard InChI is InChI=1S/C18H19N5O3/c1-22-16-7-6-12(23(25)26)10-14(16)18(21-11-17(22)24)13-4-2-3-5-15(13)20-9-8-19/h2-7,10,20H,8-9,11,19H2,1H3. The Balaban J connectivity index is 2.19. The molecule has 1 aliphatic rings. The highest BCUT2D eigenvalue weighted by molar-refractivity contribution is 6.21. The third-order valence-corrected chi connectivity index (χ3v) is 4.20. The minimum atomic E-state index is -0.455. The number of non-ortho nitro benzene ring substituents is 1. The van der Waals surface area contributed by atoms with Crippen LogP contribution in [0.1, 0.15) is 11.1 Å². The van der Waals surface area contributed by atoms with Crippen LogP contribution >= 0.6 is 0 Å². The molecule has 1 heterocycles. The van der Waals surface area contributed by atoms with Crippen LogP contribution in [-0.2, 0) is 4.79 Å². The van der Waals surface area contributed by atoms with E-state index in [-0.39, 0.29) is 18.1 Å². The Hall–Kier alpha value is -3.26. The molecule has 0 spiro atoms. The molecule has 26 heavy (non-hydrogen) atoms. The predicted octanol–water partition coefficient (Wildman–Crippen LogP) is 1.78. The molecule has 134 valence electrons. The Morgan fingerprint density at radius 3 is 2.77 bits per heavy atom. The zero-order valence-electron chi connectivity index (χ0n) is 14.3. The van der Waals surface area contributed by atoms with Crippen molar-refractivity contribution in [1.82, 2.24) is 0 Å². The molecule has 3 rings (SSSR count). The maximum atomic E-state index is 12.3. The van der Waals surface area contributed by atoms with Gasteiger partial charge < -0.3 is 16.0 Å². The van der Waals surface area contributed by atoms with Crippen molar-refractivity contribution in [3.05, 3.63) is 63.7 Å². The highest BCUT2D eigenvalue weighted by atomic mass is 16.6. The average molecular weight is 353 g/mol. The number of hydrogen-bond donors (Lipinski definition) is 2. The number of amides is 1. The zero-order valence-corrected chi connectivity index (χ0v) is 14.3. The Bertz CT molecular complexity index is 894. The molecule has 1 aliphatic heterocycles. The first kappa shape index (κ1) is 17.6. The molecule has 0 atom stereocenters. The van der Waals surface area contributed by atoms with E-state index >= 15 is 0 Å². The molecule has 0 aromatic heterocycles. The number of hydrogen-bond acceptors (Lipinski definition) is 6. The molecule has 0 radical (unpaired) electrons. The average Bonchev–Trinajstić information content (AvgIpc) is 2.77. The van der Waals surface area contributed by atoms with Gasteiger partial charge in [0.2, 0.25) is 5.91 Å². The van der Waals surface area contributed by atoms with E-state index in [1.54, 1.807) is 13.1 Å². The number of benzodiazepines with no additional fused rings is 1. The fourth-order valence-corrected chi connectivity index (χ4v) is 2.87. The third-order valence-electron chi connectivity index (χ3n) is 4.20. The molecule has 3 N–H and O–H groups in total. The number of fused-ring (bicyclic) bond motifs is 1. The van der Waals surface area contributed by atoms with Gasteiger partial charge in [-0.1, -0.05) is 18.2 Å². The number of nitrogens with two attached hydrogens (primary N) is 1. The molecule has 0 unspecified atom stereocenters. The number of carbonyl (C=O) groups is 1. The van der Waals surface area contributed by atoms with E-state index in [0.717, 1.165) is 11.3 Å². The molecule has 0 saturated heterocycles. The van der Waals surface area contributed by atoms with Gasteiger partial charge in [-0.3, -0.25) is 19.9 Å². The van der Waals surface area contributed by atoms with Gasteiger partial charge in [0.25, 0.3) is 5.69 Å². The third kappa shape index (κ3) is 3.27. The Morgan fingerprint density at radius 1 is 1.27 bits per heavy atom. The quantitative estimate of drug-likeness (QED) is 0.628. The topological polar surface area (TPSA) is 114 Å². The fourth-order valence-electron chi connectivity index (χ4n) is 2.87. The molecule has 8 nitrogen and oxygen atoms in total. The van der Waals surface area contributed by atoms with E-state index in [1.165, 1.54) is 17.0 Å². The number of benzene rings is 2. The highest BCUT2D eigenvalue weighted by Gasteiger charge is 2.25. The van der Waals surface area contributed by atoms with Crippen molar-refractivity contribution in [2.75, 3.05) is 36.9 Å². The minimum Gasteiger partial charge on any atom is -0.383 e. The number of likely N-dealkylation sites (N-methyl/N-ethyl adjacent to an activating group) is 1. The van der Waals surface area contributed by atoms with E-state index in [2.05, 4.69) is 10.3 Å². The maximum absolute atomic E-state index is 12.3. The molecule has 1 amide bonds. The number of nitro groups is 1. The predicted molar refractivity (Wildman–Crippen MR) is 101 cm³/mol. The van der Waals surface area contributed by atoms with E-state index in [4.69, 9.17) is 5.73 Å². The van der Waals surface area contributed by atoms with Crippen molar-refractivity contribution in [3.63, 3.8) is 0 Å². The SMILES string of the molecule is CN1C(=O)CN=C(c2ccccc2NCCN)c2cc([N+](=O)[O-])ccc21. The van der Waals surface area contributed by atoms with Gasteiger partial charge in [-0.05, 0) is 12.1 Å². The van der Waals surface area contributed by atoms with E-state index in [0.29, 0.717) is 30.1 Å².